The number of hydrogen-bond acceptors (Lipinski definition) is 2. The average molecular weight is 256 g/mol. The highest BCUT2D eigenvalue weighted by molar-refractivity contribution is 5.79. The molecule has 0 unspecified atom stereocenters. The largest absolute Gasteiger partial charge is 0.416 e. The molecule has 5 heteroatoms. The van der Waals surface area contributed by atoms with Crippen molar-refractivity contribution < 1.29 is 13.2 Å². The summed E-state index contributed by atoms with van der Waals surface area (Å²) >= 11 is 0. The molecule has 2 rings (SSSR count). The predicted octanol–water partition coefficient (Wildman–Crippen LogP) is 3.53. The summed E-state index contributed by atoms with van der Waals surface area (Å²) < 4.78 is 37.1. The van der Waals surface area contributed by atoms with Crippen molar-refractivity contribution in [2.24, 2.45) is 5.10 Å². The molecule has 1 fully saturated rings. The Balaban J connectivity index is 1.99. The van der Waals surface area contributed by atoms with Crippen molar-refractivity contribution in [2.75, 3.05) is 13.1 Å². The molecule has 0 atom stereocenters. The van der Waals surface area contributed by atoms with E-state index in [9.17, 15) is 13.2 Å². The van der Waals surface area contributed by atoms with E-state index in [-0.39, 0.29) is 0 Å². The lowest BCUT2D eigenvalue weighted by Gasteiger charge is -2.23. The fourth-order valence-corrected chi connectivity index (χ4v) is 1.90. The van der Waals surface area contributed by atoms with Gasteiger partial charge in [0.15, 0.2) is 0 Å². The third kappa shape index (κ3) is 3.48. The van der Waals surface area contributed by atoms with Gasteiger partial charge in [-0.2, -0.15) is 18.3 Å². The van der Waals surface area contributed by atoms with E-state index in [0.717, 1.165) is 38.1 Å². The van der Waals surface area contributed by atoms with E-state index in [1.165, 1.54) is 18.6 Å². The monoisotopic (exact) mass is 256 g/mol. The van der Waals surface area contributed by atoms with Gasteiger partial charge < -0.3 is 0 Å². The molecule has 0 saturated carbocycles. The van der Waals surface area contributed by atoms with Crippen LogP contribution in [0.1, 0.15) is 30.4 Å². The molecule has 2 nitrogen and oxygen atoms in total. The van der Waals surface area contributed by atoms with Crippen LogP contribution in [0.15, 0.2) is 29.4 Å². The van der Waals surface area contributed by atoms with E-state index in [1.54, 1.807) is 6.21 Å². The SMILES string of the molecule is FC(F)(F)c1ccc(C=NN2CCCCC2)cc1. The Morgan fingerprint density at radius 2 is 1.61 bits per heavy atom. The summed E-state index contributed by atoms with van der Waals surface area (Å²) in [5.41, 5.74) is 0.0613. The second-order valence-corrected chi connectivity index (χ2v) is 4.38. The van der Waals surface area contributed by atoms with E-state index in [4.69, 9.17) is 0 Å². The van der Waals surface area contributed by atoms with Crippen molar-refractivity contribution in [1.29, 1.82) is 0 Å². The van der Waals surface area contributed by atoms with Crippen molar-refractivity contribution in [2.45, 2.75) is 25.4 Å². The van der Waals surface area contributed by atoms with Gasteiger partial charge in [-0.15, -0.1) is 0 Å². The Labute approximate surface area is 104 Å². The zero-order valence-electron chi connectivity index (χ0n) is 9.95. The lowest BCUT2D eigenvalue weighted by Crippen LogP contribution is -2.24. The first-order valence-corrected chi connectivity index (χ1v) is 6.02. The number of hydrazone groups is 1. The normalized spacial score (nSPS) is 17.4. The number of rotatable bonds is 2. The number of piperidine rings is 1. The van der Waals surface area contributed by atoms with E-state index in [2.05, 4.69) is 5.10 Å². The first-order valence-electron chi connectivity index (χ1n) is 6.02. The van der Waals surface area contributed by atoms with E-state index < -0.39 is 11.7 Å². The molecule has 0 aromatic heterocycles. The molecule has 1 aromatic carbocycles. The van der Waals surface area contributed by atoms with Gasteiger partial charge in [-0.3, -0.25) is 5.01 Å². The lowest BCUT2D eigenvalue weighted by molar-refractivity contribution is -0.137. The topological polar surface area (TPSA) is 15.6 Å². The summed E-state index contributed by atoms with van der Waals surface area (Å²) in [5, 5.41) is 6.23. The molecule has 0 amide bonds. The summed E-state index contributed by atoms with van der Waals surface area (Å²) in [7, 11) is 0. The summed E-state index contributed by atoms with van der Waals surface area (Å²) in [4.78, 5) is 0. The van der Waals surface area contributed by atoms with Crippen LogP contribution in [0.2, 0.25) is 0 Å². The number of halogens is 3. The van der Waals surface area contributed by atoms with Crippen LogP contribution in [0.3, 0.4) is 0 Å². The van der Waals surface area contributed by atoms with Crippen LogP contribution in [-0.4, -0.2) is 24.3 Å². The molecular weight excluding hydrogens is 241 g/mol. The zero-order chi connectivity index (χ0) is 13.0. The van der Waals surface area contributed by atoms with Gasteiger partial charge in [0, 0.05) is 13.1 Å². The number of hydrogen-bond donors (Lipinski definition) is 0. The molecule has 0 aliphatic carbocycles. The van der Waals surface area contributed by atoms with Crippen LogP contribution in [-0.2, 0) is 6.18 Å². The van der Waals surface area contributed by atoms with Crippen molar-refractivity contribution >= 4 is 6.21 Å². The number of alkyl halides is 3. The van der Waals surface area contributed by atoms with Gasteiger partial charge in [-0.05, 0) is 37.0 Å². The Hall–Kier alpha value is -1.52. The average Bonchev–Trinajstić information content (AvgIpc) is 2.37. The van der Waals surface area contributed by atoms with E-state index >= 15 is 0 Å². The van der Waals surface area contributed by atoms with Gasteiger partial charge in [-0.25, -0.2) is 0 Å². The molecule has 0 spiro atoms. The van der Waals surface area contributed by atoms with Crippen LogP contribution < -0.4 is 0 Å². The quantitative estimate of drug-likeness (QED) is 0.739. The number of nitrogens with zero attached hydrogens (tertiary/aromatic N) is 2. The van der Waals surface area contributed by atoms with Crippen LogP contribution >= 0.6 is 0 Å². The molecule has 1 aliphatic heterocycles. The highest BCUT2D eigenvalue weighted by Gasteiger charge is 2.29. The summed E-state index contributed by atoms with van der Waals surface area (Å²) in [5.74, 6) is 0. The lowest BCUT2D eigenvalue weighted by atomic mass is 10.1. The van der Waals surface area contributed by atoms with Crippen LogP contribution in [0.4, 0.5) is 13.2 Å². The molecule has 1 aliphatic rings. The maximum Gasteiger partial charge on any atom is 0.416 e. The molecule has 1 saturated heterocycles. The van der Waals surface area contributed by atoms with Crippen molar-refractivity contribution in [3.05, 3.63) is 35.4 Å². The highest BCUT2D eigenvalue weighted by Crippen LogP contribution is 2.28. The molecule has 0 N–H and O–H groups in total. The third-order valence-electron chi connectivity index (χ3n) is 2.94. The Kier molecular flexibility index (Phi) is 3.89. The summed E-state index contributed by atoms with van der Waals surface area (Å²) in [6.07, 6.45) is 0.828. The molecule has 1 aromatic rings. The minimum Gasteiger partial charge on any atom is -0.297 e. The fourth-order valence-electron chi connectivity index (χ4n) is 1.90. The minimum absolute atomic E-state index is 0.627. The molecule has 1 heterocycles. The van der Waals surface area contributed by atoms with Gasteiger partial charge >= 0.3 is 6.18 Å². The summed E-state index contributed by atoms with van der Waals surface area (Å²) in [6.45, 7) is 1.86. The van der Waals surface area contributed by atoms with Crippen LogP contribution in [0, 0.1) is 0 Å². The molecular formula is C13H15F3N2. The standard InChI is InChI=1S/C13H15F3N2/c14-13(15,16)12-6-4-11(5-7-12)10-17-18-8-2-1-3-9-18/h4-7,10H,1-3,8-9H2. The minimum atomic E-state index is -4.28. The zero-order valence-corrected chi connectivity index (χ0v) is 9.95. The van der Waals surface area contributed by atoms with Crippen molar-refractivity contribution in [3.8, 4) is 0 Å². The maximum atomic E-state index is 12.4. The summed E-state index contributed by atoms with van der Waals surface area (Å²) in [6, 6.07) is 5.04. The van der Waals surface area contributed by atoms with Crippen LogP contribution in [0.5, 0.6) is 0 Å². The van der Waals surface area contributed by atoms with Crippen molar-refractivity contribution in [3.63, 3.8) is 0 Å². The second kappa shape index (κ2) is 5.42. The molecule has 0 bridgehead atoms. The van der Waals surface area contributed by atoms with E-state index in [0.29, 0.717) is 5.56 Å². The Morgan fingerprint density at radius 1 is 1.00 bits per heavy atom. The van der Waals surface area contributed by atoms with E-state index in [1.807, 2.05) is 5.01 Å². The predicted molar refractivity (Wildman–Crippen MR) is 64.5 cm³/mol. The number of benzene rings is 1. The first kappa shape index (κ1) is 12.9. The van der Waals surface area contributed by atoms with Crippen molar-refractivity contribution in [1.82, 2.24) is 5.01 Å². The van der Waals surface area contributed by atoms with Gasteiger partial charge in [0.2, 0.25) is 0 Å². The molecule has 18 heavy (non-hydrogen) atoms. The highest BCUT2D eigenvalue weighted by atomic mass is 19.4. The van der Waals surface area contributed by atoms with Gasteiger partial charge in [0.1, 0.15) is 0 Å². The fraction of sp³-hybridized carbons (Fsp3) is 0.462. The molecule has 0 radical (unpaired) electrons. The second-order valence-electron chi connectivity index (χ2n) is 4.38. The van der Waals surface area contributed by atoms with Gasteiger partial charge in [-0.1, -0.05) is 12.1 Å². The van der Waals surface area contributed by atoms with Crippen LogP contribution in [0.25, 0.3) is 0 Å². The van der Waals surface area contributed by atoms with Gasteiger partial charge in [0.05, 0.1) is 11.8 Å². The Morgan fingerprint density at radius 3 is 2.17 bits per heavy atom. The van der Waals surface area contributed by atoms with Gasteiger partial charge in [0.25, 0.3) is 0 Å². The smallest absolute Gasteiger partial charge is 0.297 e. The third-order valence-corrected chi connectivity index (χ3v) is 2.94. The first-order chi connectivity index (χ1) is 8.55. The molecule has 98 valence electrons. The Bertz CT molecular complexity index is 403. The maximum absolute atomic E-state index is 12.4.